The van der Waals surface area contributed by atoms with Crippen molar-refractivity contribution in [1.29, 1.82) is 0 Å². The molecule has 1 saturated heterocycles. The molecular weight excluding hydrogens is 179 g/mol. The number of rotatable bonds is 0. The van der Waals surface area contributed by atoms with Crippen LogP contribution >= 0.6 is 0 Å². The molecule has 0 aromatic rings. The number of nitroso groups, excluding NO2 is 1. The van der Waals surface area contributed by atoms with E-state index in [4.69, 9.17) is 0 Å². The van der Waals surface area contributed by atoms with E-state index in [0.29, 0.717) is 0 Å². The van der Waals surface area contributed by atoms with E-state index < -0.39 is 17.4 Å². The fourth-order valence-electron chi connectivity index (χ4n) is 0.547. The van der Waals surface area contributed by atoms with Gasteiger partial charge >= 0.3 is 63.1 Å². The Labute approximate surface area is 105 Å². The van der Waals surface area contributed by atoms with E-state index >= 15 is 0 Å². The Morgan fingerprint density at radius 2 is 2.27 bits per heavy atom. The average Bonchev–Trinajstić information content (AvgIpc) is 2.11. The number of hydrogen-bond donors (Lipinski definition) is 1. The Bertz CT molecular complexity index is 214. The number of nitrogens with zero attached hydrogens (tertiary/aromatic N) is 1. The fraction of sp³-hybridized carbons (Fsp3) is 0.250. The SMILES string of the molecule is CC([O-])=C1C(=O)ON[N+]1=O.[K+]. The second-order valence-electron chi connectivity index (χ2n) is 1.68. The molecule has 11 heavy (non-hydrogen) atoms. The summed E-state index contributed by atoms with van der Waals surface area (Å²) in [6.07, 6.45) is 0. The number of carbonyl (C=O) groups is 1. The van der Waals surface area contributed by atoms with Crippen molar-refractivity contribution in [3.05, 3.63) is 16.4 Å². The molecule has 7 heteroatoms. The molecule has 0 radical (unpaired) electrons. The minimum atomic E-state index is -0.942. The molecule has 0 amide bonds. The summed E-state index contributed by atoms with van der Waals surface area (Å²) in [5, 5.41) is 10.4. The maximum atomic E-state index is 10.4. The van der Waals surface area contributed by atoms with Gasteiger partial charge in [0.25, 0.3) is 0 Å². The van der Waals surface area contributed by atoms with Crippen LogP contribution in [0.3, 0.4) is 0 Å². The van der Waals surface area contributed by atoms with Crippen molar-refractivity contribution in [3.63, 3.8) is 0 Å². The first-order chi connectivity index (χ1) is 4.63. The van der Waals surface area contributed by atoms with E-state index in [9.17, 15) is 14.8 Å². The molecule has 0 saturated carbocycles. The summed E-state index contributed by atoms with van der Waals surface area (Å²) in [5.41, 5.74) is 1.14. The van der Waals surface area contributed by atoms with Gasteiger partial charge in [-0.2, -0.15) is 0 Å². The van der Waals surface area contributed by atoms with Crippen molar-refractivity contribution in [3.8, 4) is 0 Å². The summed E-state index contributed by atoms with van der Waals surface area (Å²) in [6, 6.07) is 0. The molecule has 0 aromatic heterocycles. The van der Waals surface area contributed by atoms with Crippen LogP contribution in [0.15, 0.2) is 11.5 Å². The van der Waals surface area contributed by atoms with Gasteiger partial charge in [-0.3, -0.25) is 4.84 Å². The van der Waals surface area contributed by atoms with Crippen molar-refractivity contribution >= 4 is 5.97 Å². The standard InChI is InChI=1S/C4H4N2O4.K/c1-2(7)3-4(8)10-5-6(3)9;/h1H3,(H-,5,7,8,9);/q;+1. The summed E-state index contributed by atoms with van der Waals surface area (Å²) >= 11 is 0. The zero-order chi connectivity index (χ0) is 7.72. The normalized spacial score (nSPS) is 20.1. The van der Waals surface area contributed by atoms with Gasteiger partial charge in [0.2, 0.25) is 0 Å². The molecule has 0 spiro atoms. The molecule has 54 valence electrons. The maximum absolute atomic E-state index is 10.4. The van der Waals surface area contributed by atoms with Crippen LogP contribution in [0.25, 0.3) is 0 Å². The number of hydrogen-bond acceptors (Lipinski definition) is 4. The van der Waals surface area contributed by atoms with Crippen LogP contribution in [0, 0.1) is 4.91 Å². The van der Waals surface area contributed by atoms with E-state index in [-0.39, 0.29) is 56.3 Å². The van der Waals surface area contributed by atoms with Gasteiger partial charge in [-0.15, -0.1) is 0 Å². The minimum absolute atomic E-state index is 0. The zero-order valence-corrected chi connectivity index (χ0v) is 9.20. The van der Waals surface area contributed by atoms with E-state index in [2.05, 4.69) is 4.84 Å². The Morgan fingerprint density at radius 3 is 2.45 bits per heavy atom. The second kappa shape index (κ2) is 4.17. The summed E-state index contributed by atoms with van der Waals surface area (Å²) < 4.78 is 0. The van der Waals surface area contributed by atoms with Crippen LogP contribution < -0.4 is 62.1 Å². The van der Waals surface area contributed by atoms with Gasteiger partial charge in [-0.1, -0.05) is 0 Å². The molecular formula is C4H4KN2O4+. The molecule has 1 heterocycles. The first kappa shape index (κ1) is 11.0. The van der Waals surface area contributed by atoms with E-state index in [1.807, 2.05) is 0 Å². The molecule has 6 nitrogen and oxygen atoms in total. The Hall–Kier alpha value is 0.0464. The largest absolute Gasteiger partial charge is 1.00 e. The van der Waals surface area contributed by atoms with Crippen LogP contribution in [-0.2, 0) is 9.63 Å². The minimum Gasteiger partial charge on any atom is -0.871 e. The van der Waals surface area contributed by atoms with E-state index in [1.165, 1.54) is 0 Å². The molecule has 0 unspecified atom stereocenters. The van der Waals surface area contributed by atoms with Crippen molar-refractivity contribution in [2.24, 2.45) is 0 Å². The summed E-state index contributed by atoms with van der Waals surface area (Å²) in [6.45, 7) is 1.11. The number of hydrazine groups is 1. The quantitative estimate of drug-likeness (QED) is 0.177. The van der Waals surface area contributed by atoms with Gasteiger partial charge in [-0.05, 0) is 12.7 Å². The van der Waals surface area contributed by atoms with Gasteiger partial charge < -0.3 is 5.11 Å². The van der Waals surface area contributed by atoms with E-state index in [1.54, 1.807) is 5.59 Å². The number of allylic oxidation sites excluding steroid dienone is 1. The summed E-state index contributed by atoms with van der Waals surface area (Å²) in [7, 11) is 0. The van der Waals surface area contributed by atoms with Crippen LogP contribution in [0.5, 0.6) is 0 Å². The maximum Gasteiger partial charge on any atom is 1.00 e. The third-order valence-corrected chi connectivity index (χ3v) is 0.951. The first-order valence-corrected chi connectivity index (χ1v) is 2.45. The van der Waals surface area contributed by atoms with Crippen molar-refractivity contribution in [2.75, 3.05) is 0 Å². The fourth-order valence-corrected chi connectivity index (χ4v) is 0.547. The van der Waals surface area contributed by atoms with Gasteiger partial charge in [0, 0.05) is 5.59 Å². The Kier molecular flexibility index (Phi) is 4.18. The topological polar surface area (TPSA) is 81.5 Å². The number of carbonyl (C=O) groups excluding carboxylic acids is 1. The molecule has 1 rings (SSSR count). The van der Waals surface area contributed by atoms with E-state index in [0.717, 1.165) is 6.92 Å². The molecule has 0 aromatic carbocycles. The smallest absolute Gasteiger partial charge is 0.871 e. The average molecular weight is 183 g/mol. The molecule has 1 aliphatic heterocycles. The third-order valence-electron chi connectivity index (χ3n) is 0.951. The molecule has 1 N–H and O–H groups in total. The summed E-state index contributed by atoms with van der Waals surface area (Å²) in [5.74, 6) is -1.56. The van der Waals surface area contributed by atoms with Crippen LogP contribution in [0.4, 0.5) is 0 Å². The molecule has 0 atom stereocenters. The Balaban J connectivity index is 0.000001000. The van der Waals surface area contributed by atoms with Crippen LogP contribution in [-0.4, -0.2) is 10.8 Å². The van der Waals surface area contributed by atoms with Crippen molar-refractivity contribution in [1.82, 2.24) is 5.59 Å². The monoisotopic (exact) mass is 183 g/mol. The molecule has 1 fully saturated rings. The van der Waals surface area contributed by atoms with Crippen LogP contribution in [0.2, 0.25) is 0 Å². The van der Waals surface area contributed by atoms with Gasteiger partial charge in [0.15, 0.2) is 4.87 Å². The van der Waals surface area contributed by atoms with Crippen molar-refractivity contribution < 1.29 is 71.0 Å². The molecule has 0 aliphatic carbocycles. The molecule has 0 bridgehead atoms. The second-order valence-corrected chi connectivity index (χ2v) is 1.68. The van der Waals surface area contributed by atoms with Gasteiger partial charge in [0.1, 0.15) is 0 Å². The predicted molar refractivity (Wildman–Crippen MR) is 25.6 cm³/mol. The zero-order valence-electron chi connectivity index (χ0n) is 6.08. The number of nitrogens with one attached hydrogen (secondary N) is 1. The van der Waals surface area contributed by atoms with Gasteiger partial charge in [-0.25, -0.2) is 4.79 Å². The third kappa shape index (κ3) is 2.24. The molecule has 1 aliphatic rings. The van der Waals surface area contributed by atoms with Crippen molar-refractivity contribution in [2.45, 2.75) is 6.92 Å². The Morgan fingerprint density at radius 1 is 1.73 bits per heavy atom. The summed E-state index contributed by atoms with van der Waals surface area (Å²) in [4.78, 5) is 24.9. The first-order valence-electron chi connectivity index (χ1n) is 2.45. The van der Waals surface area contributed by atoms with Gasteiger partial charge in [0.05, 0.1) is 4.91 Å². The predicted octanol–water partition coefficient (Wildman–Crippen LogP) is -4.66. The van der Waals surface area contributed by atoms with Crippen LogP contribution in [0.1, 0.15) is 6.92 Å².